The van der Waals surface area contributed by atoms with Crippen molar-refractivity contribution in [2.75, 3.05) is 14.1 Å². The highest BCUT2D eigenvalue weighted by atomic mass is 79.9. The molecule has 1 aromatic rings. The summed E-state index contributed by atoms with van der Waals surface area (Å²) < 4.78 is 13.2. The van der Waals surface area contributed by atoms with Crippen LogP contribution in [0.5, 0.6) is 0 Å². The molecule has 0 atom stereocenters. The number of ketones is 1. The fourth-order valence-corrected chi connectivity index (χ4v) is 1.49. The van der Waals surface area contributed by atoms with E-state index in [9.17, 15) is 14.0 Å². The van der Waals surface area contributed by atoms with Crippen LogP contribution in [0.2, 0.25) is 0 Å². The molecule has 1 aromatic carbocycles. The molecular formula is C12H11BrFNO2. The fraction of sp³-hybridized carbons (Fsp3) is 0.167. The predicted molar refractivity (Wildman–Crippen MR) is 66.8 cm³/mol. The Morgan fingerprint density at radius 3 is 2.35 bits per heavy atom. The number of benzene rings is 1. The van der Waals surface area contributed by atoms with Crippen LogP contribution in [0.1, 0.15) is 20.7 Å². The van der Waals surface area contributed by atoms with E-state index in [0.29, 0.717) is 0 Å². The van der Waals surface area contributed by atoms with Gasteiger partial charge in [0.15, 0.2) is 5.78 Å². The molecule has 0 saturated heterocycles. The summed E-state index contributed by atoms with van der Waals surface area (Å²) in [7, 11) is 3.12. The van der Waals surface area contributed by atoms with Gasteiger partial charge in [-0.15, -0.1) is 0 Å². The molecule has 90 valence electrons. The largest absolute Gasteiger partial charge is 0.345 e. The van der Waals surface area contributed by atoms with E-state index in [1.54, 1.807) is 14.1 Å². The van der Waals surface area contributed by atoms with Crippen LogP contribution in [0.15, 0.2) is 29.3 Å². The third-order valence-corrected chi connectivity index (χ3v) is 2.47. The first kappa shape index (κ1) is 13.6. The van der Waals surface area contributed by atoms with Crippen molar-refractivity contribution in [2.45, 2.75) is 0 Å². The molecule has 0 aromatic heterocycles. The average Bonchev–Trinajstić information content (AvgIpc) is 2.26. The Kier molecular flexibility index (Phi) is 4.17. The summed E-state index contributed by atoms with van der Waals surface area (Å²) in [6, 6.07) is 3.47. The summed E-state index contributed by atoms with van der Waals surface area (Å²) in [4.78, 5) is 24.9. The van der Waals surface area contributed by atoms with Crippen LogP contribution in [-0.2, 0) is 0 Å². The van der Waals surface area contributed by atoms with Gasteiger partial charge in [-0.3, -0.25) is 9.59 Å². The molecule has 1 amide bonds. The number of hydrogen-bond acceptors (Lipinski definition) is 2. The van der Waals surface area contributed by atoms with E-state index in [2.05, 4.69) is 22.5 Å². The zero-order chi connectivity index (χ0) is 13.2. The summed E-state index contributed by atoms with van der Waals surface area (Å²) in [6.45, 7) is 3.43. The van der Waals surface area contributed by atoms with Gasteiger partial charge < -0.3 is 4.90 Å². The van der Waals surface area contributed by atoms with E-state index >= 15 is 0 Å². The molecule has 1 rings (SSSR count). The Bertz CT molecular complexity index is 497. The quantitative estimate of drug-likeness (QED) is 0.635. The molecule has 17 heavy (non-hydrogen) atoms. The third kappa shape index (κ3) is 3.00. The van der Waals surface area contributed by atoms with Gasteiger partial charge in [-0.2, -0.15) is 0 Å². The molecule has 0 heterocycles. The zero-order valence-corrected chi connectivity index (χ0v) is 11.0. The predicted octanol–water partition coefficient (Wildman–Crippen LogP) is 2.62. The number of rotatable bonds is 3. The van der Waals surface area contributed by atoms with Crippen molar-refractivity contribution >= 4 is 27.6 Å². The molecule has 0 aliphatic heterocycles. The number of nitrogens with zero attached hydrogens (tertiary/aromatic N) is 1. The molecule has 3 nitrogen and oxygen atoms in total. The van der Waals surface area contributed by atoms with Gasteiger partial charge in [0.1, 0.15) is 5.82 Å². The molecule has 0 aliphatic rings. The molecule has 0 unspecified atom stereocenters. The lowest BCUT2D eigenvalue weighted by Gasteiger charge is -2.13. The highest BCUT2D eigenvalue weighted by Crippen LogP contribution is 2.19. The monoisotopic (exact) mass is 299 g/mol. The number of hydrogen-bond donors (Lipinski definition) is 0. The van der Waals surface area contributed by atoms with Gasteiger partial charge >= 0.3 is 0 Å². The van der Waals surface area contributed by atoms with E-state index in [1.165, 1.54) is 11.0 Å². The van der Waals surface area contributed by atoms with Gasteiger partial charge in [-0.05, 0) is 34.1 Å². The summed E-state index contributed by atoms with van der Waals surface area (Å²) in [6.07, 6.45) is 0. The minimum atomic E-state index is -0.572. The van der Waals surface area contributed by atoms with Gasteiger partial charge in [-0.1, -0.05) is 6.58 Å². The molecule has 5 heteroatoms. The molecule has 0 spiro atoms. The summed E-state index contributed by atoms with van der Waals surface area (Å²) in [5.74, 6) is -1.44. The molecule has 0 radical (unpaired) electrons. The van der Waals surface area contributed by atoms with Crippen molar-refractivity contribution in [2.24, 2.45) is 0 Å². The highest BCUT2D eigenvalue weighted by molar-refractivity contribution is 9.12. The number of Topliss-reactive ketones (excluding diaryl/α,β-unsaturated/α-hetero) is 1. The Balaban J connectivity index is 3.36. The van der Waals surface area contributed by atoms with E-state index in [-0.39, 0.29) is 21.5 Å². The van der Waals surface area contributed by atoms with Gasteiger partial charge in [0, 0.05) is 19.7 Å². The second kappa shape index (κ2) is 5.23. The zero-order valence-electron chi connectivity index (χ0n) is 9.46. The maximum Gasteiger partial charge on any atom is 0.254 e. The lowest BCUT2D eigenvalue weighted by molar-refractivity contribution is 0.0822. The van der Waals surface area contributed by atoms with Crippen molar-refractivity contribution in [3.8, 4) is 0 Å². The third-order valence-electron chi connectivity index (χ3n) is 2.11. The standard InChI is InChI=1S/C12H11BrFNO2/c1-7(13)11(16)10-6-8(14)4-5-9(10)12(17)15(2)3/h4-6H,1H2,2-3H3. The fourth-order valence-electron chi connectivity index (χ4n) is 1.28. The number of halogens is 2. The summed E-state index contributed by atoms with van der Waals surface area (Å²) in [5.41, 5.74) is 0.160. The molecule has 0 aliphatic carbocycles. The number of carbonyl (C=O) groups is 2. The Morgan fingerprint density at radius 1 is 1.29 bits per heavy atom. The Labute approximate surface area is 107 Å². The van der Waals surface area contributed by atoms with Crippen molar-refractivity contribution in [1.82, 2.24) is 4.90 Å². The highest BCUT2D eigenvalue weighted by Gasteiger charge is 2.20. The van der Waals surface area contributed by atoms with E-state index < -0.39 is 11.6 Å². The van der Waals surface area contributed by atoms with Gasteiger partial charge in [0.25, 0.3) is 5.91 Å². The Morgan fingerprint density at radius 2 is 1.88 bits per heavy atom. The van der Waals surface area contributed by atoms with Crippen LogP contribution in [0.4, 0.5) is 4.39 Å². The summed E-state index contributed by atoms with van der Waals surface area (Å²) >= 11 is 2.93. The van der Waals surface area contributed by atoms with Gasteiger partial charge in [0.05, 0.1) is 10.0 Å². The van der Waals surface area contributed by atoms with Crippen LogP contribution in [0.25, 0.3) is 0 Å². The van der Waals surface area contributed by atoms with Crippen LogP contribution >= 0.6 is 15.9 Å². The van der Waals surface area contributed by atoms with E-state index in [0.717, 1.165) is 12.1 Å². The van der Waals surface area contributed by atoms with E-state index in [4.69, 9.17) is 0 Å². The topological polar surface area (TPSA) is 37.4 Å². The van der Waals surface area contributed by atoms with Crippen LogP contribution in [0, 0.1) is 5.82 Å². The van der Waals surface area contributed by atoms with Crippen molar-refractivity contribution in [3.05, 3.63) is 46.2 Å². The molecule has 0 bridgehead atoms. The molecular weight excluding hydrogens is 289 g/mol. The smallest absolute Gasteiger partial charge is 0.254 e. The van der Waals surface area contributed by atoms with Gasteiger partial charge in [-0.25, -0.2) is 4.39 Å². The lowest BCUT2D eigenvalue weighted by atomic mass is 10.0. The molecule has 0 N–H and O–H groups in total. The summed E-state index contributed by atoms with van der Waals surface area (Å²) in [5, 5.41) is 0. The van der Waals surface area contributed by atoms with Crippen LogP contribution in [-0.4, -0.2) is 30.7 Å². The normalized spacial score (nSPS) is 9.88. The van der Waals surface area contributed by atoms with Crippen molar-refractivity contribution in [1.29, 1.82) is 0 Å². The SMILES string of the molecule is C=C(Br)C(=O)c1cc(F)ccc1C(=O)N(C)C. The van der Waals surface area contributed by atoms with Crippen molar-refractivity contribution < 1.29 is 14.0 Å². The second-order valence-corrected chi connectivity index (χ2v) is 4.58. The maximum atomic E-state index is 13.1. The number of amides is 1. The first-order valence-corrected chi connectivity index (χ1v) is 5.54. The molecule has 0 saturated carbocycles. The second-order valence-electron chi connectivity index (χ2n) is 3.62. The molecule has 0 fully saturated rings. The first-order chi connectivity index (χ1) is 7.84. The number of carbonyl (C=O) groups excluding carboxylic acids is 2. The number of allylic oxidation sites excluding steroid dienone is 1. The van der Waals surface area contributed by atoms with Crippen molar-refractivity contribution in [3.63, 3.8) is 0 Å². The van der Waals surface area contributed by atoms with Crippen LogP contribution in [0.3, 0.4) is 0 Å². The van der Waals surface area contributed by atoms with Gasteiger partial charge in [0.2, 0.25) is 0 Å². The maximum absolute atomic E-state index is 13.1. The van der Waals surface area contributed by atoms with E-state index in [1.807, 2.05) is 0 Å². The Hall–Kier alpha value is -1.49. The lowest BCUT2D eigenvalue weighted by Crippen LogP contribution is -2.24. The minimum absolute atomic E-state index is 0.00516. The van der Waals surface area contributed by atoms with Crippen LogP contribution < -0.4 is 0 Å². The first-order valence-electron chi connectivity index (χ1n) is 4.75. The minimum Gasteiger partial charge on any atom is -0.345 e. The average molecular weight is 300 g/mol.